The molecular weight excluding hydrogens is 554 g/mol. The van der Waals surface area contributed by atoms with Crippen LogP contribution in [0.3, 0.4) is 0 Å². The van der Waals surface area contributed by atoms with Crippen LogP contribution in [-0.4, -0.2) is 83.9 Å². The Hall–Kier alpha value is -2.58. The first kappa shape index (κ1) is 28.9. The highest BCUT2D eigenvalue weighted by atomic mass is 32.2. The van der Waals surface area contributed by atoms with E-state index >= 15 is 0 Å². The third kappa shape index (κ3) is 6.18. The van der Waals surface area contributed by atoms with Crippen LogP contribution >= 0.6 is 0 Å². The summed E-state index contributed by atoms with van der Waals surface area (Å²) in [6.07, 6.45) is 1.13. The van der Waals surface area contributed by atoms with Gasteiger partial charge < -0.3 is 19.9 Å². The predicted octanol–water partition coefficient (Wildman–Crippen LogP) is 2.09. The number of fused-ring (bicyclic) bond motifs is 1. The summed E-state index contributed by atoms with van der Waals surface area (Å²) in [6, 6.07) is 19.0. The van der Waals surface area contributed by atoms with Crippen molar-refractivity contribution in [1.29, 1.82) is 0 Å². The molecule has 0 aromatic heterocycles. The van der Waals surface area contributed by atoms with Gasteiger partial charge in [0.05, 0.1) is 22.0 Å². The highest BCUT2D eigenvalue weighted by molar-refractivity contribution is 7.89. The van der Waals surface area contributed by atoms with Crippen LogP contribution in [0.5, 0.6) is 5.75 Å². The summed E-state index contributed by atoms with van der Waals surface area (Å²) >= 11 is 0. The number of nitrogens with zero attached hydrogens (tertiary/aromatic N) is 1. The van der Waals surface area contributed by atoms with Crippen LogP contribution in [0.15, 0.2) is 76.5 Å². The molecule has 0 radical (unpaired) electrons. The van der Waals surface area contributed by atoms with E-state index in [4.69, 9.17) is 9.47 Å². The second-order valence-electron chi connectivity index (χ2n) is 10.3. The van der Waals surface area contributed by atoms with Crippen LogP contribution in [-0.2, 0) is 24.8 Å². The van der Waals surface area contributed by atoms with E-state index in [1.807, 2.05) is 30.3 Å². The van der Waals surface area contributed by atoms with E-state index in [0.717, 1.165) is 17.2 Å². The van der Waals surface area contributed by atoms with Crippen molar-refractivity contribution < 1.29 is 31.4 Å². The molecule has 12 heteroatoms. The van der Waals surface area contributed by atoms with Crippen molar-refractivity contribution in [2.75, 3.05) is 39.9 Å². The van der Waals surface area contributed by atoms with Crippen molar-refractivity contribution in [3.05, 3.63) is 66.7 Å². The van der Waals surface area contributed by atoms with Crippen LogP contribution in [0.25, 0.3) is 10.8 Å². The lowest BCUT2D eigenvalue weighted by molar-refractivity contribution is -0.0312. The van der Waals surface area contributed by atoms with Crippen molar-refractivity contribution in [2.24, 2.45) is 0 Å². The molecule has 216 valence electrons. The Morgan fingerprint density at radius 2 is 1.77 bits per heavy atom. The van der Waals surface area contributed by atoms with E-state index in [1.165, 1.54) is 19.2 Å². The molecular formula is C28H35N3O7S2. The molecule has 3 aromatic carbocycles. The minimum atomic E-state index is -3.63. The molecule has 0 aliphatic carbocycles. The van der Waals surface area contributed by atoms with E-state index in [2.05, 4.69) is 10.0 Å². The predicted molar refractivity (Wildman–Crippen MR) is 151 cm³/mol. The number of rotatable bonds is 10. The van der Waals surface area contributed by atoms with Gasteiger partial charge >= 0.3 is 0 Å². The maximum atomic E-state index is 13.5. The Bertz CT molecular complexity index is 1550. The molecule has 2 unspecified atom stereocenters. The Balaban J connectivity index is 1.11. The second-order valence-corrected chi connectivity index (χ2v) is 14.1. The maximum Gasteiger partial charge on any atom is 0.243 e. The smallest absolute Gasteiger partial charge is 0.243 e. The fourth-order valence-electron chi connectivity index (χ4n) is 5.42. The van der Waals surface area contributed by atoms with Crippen LogP contribution in [0.1, 0.15) is 19.3 Å². The summed E-state index contributed by atoms with van der Waals surface area (Å²) < 4.78 is 66.6. The molecule has 0 amide bonds. The zero-order valence-electron chi connectivity index (χ0n) is 22.3. The van der Waals surface area contributed by atoms with Crippen LogP contribution in [0.2, 0.25) is 0 Å². The lowest BCUT2D eigenvalue weighted by atomic mass is 9.88. The topological polar surface area (TPSA) is 134 Å². The third-order valence-corrected chi connectivity index (χ3v) is 11.0. The SMILES string of the molecule is CNS(=O)(=O)c1cccc(OCC(O)CNC2COC3(CCN(S(=O)(=O)c4cccc5ccccc45)CC3)C2)c1. The van der Waals surface area contributed by atoms with Crippen molar-refractivity contribution in [3.8, 4) is 5.75 Å². The number of aliphatic hydroxyl groups excluding tert-OH is 1. The average molecular weight is 590 g/mol. The molecule has 0 bridgehead atoms. The number of aliphatic hydroxyl groups is 1. The standard InChI is InChI=1S/C28H35N3O7S2/c1-29-39(33,34)25-9-5-8-24(16-25)37-20-23(32)18-30-22-17-28(38-19-22)12-14-31(15-13-28)40(35,36)27-11-4-7-21-6-2-3-10-26(21)27/h2-11,16,22-23,29-30,32H,12-15,17-20H2,1H3. The van der Waals surface area contributed by atoms with Crippen molar-refractivity contribution >= 4 is 30.8 Å². The highest BCUT2D eigenvalue weighted by Gasteiger charge is 2.44. The summed E-state index contributed by atoms with van der Waals surface area (Å²) in [6.45, 7) is 1.53. The number of hydrogen-bond donors (Lipinski definition) is 3. The first-order valence-electron chi connectivity index (χ1n) is 13.3. The minimum Gasteiger partial charge on any atom is -0.491 e. The van der Waals surface area contributed by atoms with Gasteiger partial charge in [0.25, 0.3) is 0 Å². The quantitative estimate of drug-likeness (QED) is 0.327. The minimum absolute atomic E-state index is 0.00420. The molecule has 0 saturated carbocycles. The summed E-state index contributed by atoms with van der Waals surface area (Å²) in [7, 11) is -5.88. The Labute approximate surface area is 235 Å². The fourth-order valence-corrected chi connectivity index (χ4v) is 7.84. The Morgan fingerprint density at radius 1 is 1.05 bits per heavy atom. The molecule has 3 N–H and O–H groups in total. The van der Waals surface area contributed by atoms with E-state index in [9.17, 15) is 21.9 Å². The fraction of sp³-hybridized carbons (Fsp3) is 0.429. The van der Waals surface area contributed by atoms with Crippen molar-refractivity contribution in [2.45, 2.75) is 46.8 Å². The number of nitrogens with one attached hydrogen (secondary N) is 2. The van der Waals surface area contributed by atoms with Crippen LogP contribution in [0.4, 0.5) is 0 Å². The van der Waals surface area contributed by atoms with Gasteiger partial charge in [-0.3, -0.25) is 0 Å². The monoisotopic (exact) mass is 589 g/mol. The molecule has 10 nitrogen and oxygen atoms in total. The largest absolute Gasteiger partial charge is 0.491 e. The third-order valence-electron chi connectivity index (χ3n) is 7.68. The first-order chi connectivity index (χ1) is 19.1. The number of piperidine rings is 1. The van der Waals surface area contributed by atoms with E-state index in [-0.39, 0.29) is 29.7 Å². The summed E-state index contributed by atoms with van der Waals surface area (Å²) in [5.74, 6) is 0.351. The summed E-state index contributed by atoms with van der Waals surface area (Å²) in [5, 5.41) is 15.4. The molecule has 2 aliphatic rings. The maximum absolute atomic E-state index is 13.5. The molecule has 3 aromatic rings. The van der Waals surface area contributed by atoms with Gasteiger partial charge in [-0.25, -0.2) is 21.6 Å². The Morgan fingerprint density at radius 3 is 2.55 bits per heavy atom. The zero-order valence-corrected chi connectivity index (χ0v) is 24.0. The Kier molecular flexibility index (Phi) is 8.48. The van der Waals surface area contributed by atoms with E-state index < -0.39 is 26.2 Å². The average Bonchev–Trinajstić information content (AvgIpc) is 3.37. The van der Waals surface area contributed by atoms with Crippen molar-refractivity contribution in [1.82, 2.24) is 14.3 Å². The normalized spacial score (nSPS) is 20.6. The summed E-state index contributed by atoms with van der Waals surface area (Å²) in [4.78, 5) is 0.421. The molecule has 2 atom stereocenters. The van der Waals surface area contributed by atoms with Gasteiger partial charge in [-0.1, -0.05) is 42.5 Å². The van der Waals surface area contributed by atoms with Crippen LogP contribution < -0.4 is 14.8 Å². The highest BCUT2D eigenvalue weighted by Crippen LogP contribution is 2.38. The molecule has 40 heavy (non-hydrogen) atoms. The number of hydrogen-bond acceptors (Lipinski definition) is 8. The van der Waals surface area contributed by atoms with E-state index in [1.54, 1.807) is 28.6 Å². The first-order valence-corrected chi connectivity index (χ1v) is 16.2. The molecule has 2 saturated heterocycles. The molecule has 2 heterocycles. The van der Waals surface area contributed by atoms with Crippen LogP contribution in [0, 0.1) is 0 Å². The van der Waals surface area contributed by atoms with Gasteiger partial charge in [-0.05, 0) is 49.9 Å². The van der Waals surface area contributed by atoms with Gasteiger partial charge in [0.15, 0.2) is 0 Å². The lowest BCUT2D eigenvalue weighted by Gasteiger charge is -2.38. The number of benzene rings is 3. The van der Waals surface area contributed by atoms with Gasteiger partial charge in [0.1, 0.15) is 18.5 Å². The molecule has 2 fully saturated rings. The molecule has 2 aliphatic heterocycles. The van der Waals surface area contributed by atoms with Gasteiger partial charge in [0, 0.05) is 37.1 Å². The van der Waals surface area contributed by atoms with Crippen molar-refractivity contribution in [3.63, 3.8) is 0 Å². The van der Waals surface area contributed by atoms with Gasteiger partial charge in [0.2, 0.25) is 20.0 Å². The number of sulfonamides is 2. The number of ether oxygens (including phenoxy) is 2. The lowest BCUT2D eigenvalue weighted by Crippen LogP contribution is -2.47. The van der Waals surface area contributed by atoms with Gasteiger partial charge in [-0.2, -0.15) is 4.31 Å². The van der Waals surface area contributed by atoms with E-state index in [0.29, 0.717) is 43.2 Å². The molecule has 5 rings (SSSR count). The zero-order chi connectivity index (χ0) is 28.4. The molecule has 1 spiro atoms. The van der Waals surface area contributed by atoms with Gasteiger partial charge in [-0.15, -0.1) is 0 Å². The second kappa shape index (κ2) is 11.7. The summed E-state index contributed by atoms with van der Waals surface area (Å²) in [5.41, 5.74) is -0.386.